The van der Waals surface area contributed by atoms with Gasteiger partial charge in [-0.1, -0.05) is 66.2 Å². The topological polar surface area (TPSA) is 84.8 Å². The first-order valence-electron chi connectivity index (χ1n) is 16.2. The second-order valence-electron chi connectivity index (χ2n) is 13.3. The molecule has 0 amide bonds. The van der Waals surface area contributed by atoms with Crippen LogP contribution in [-0.4, -0.2) is 58.9 Å². The van der Waals surface area contributed by atoms with Crippen molar-refractivity contribution in [2.45, 2.75) is 64.5 Å². The molecule has 6 aromatic rings. The van der Waals surface area contributed by atoms with Crippen molar-refractivity contribution in [2.24, 2.45) is 0 Å². The highest BCUT2D eigenvalue weighted by molar-refractivity contribution is 7.92. The summed E-state index contributed by atoms with van der Waals surface area (Å²) in [5, 5.41) is 11.3. The number of likely N-dealkylation sites (tertiary alicyclic amines) is 1. The van der Waals surface area contributed by atoms with Gasteiger partial charge in [-0.15, -0.1) is 5.10 Å². The van der Waals surface area contributed by atoms with Gasteiger partial charge in [-0.2, -0.15) is 4.18 Å². The maximum Gasteiger partial charge on any atom is 0.152 e. The van der Waals surface area contributed by atoms with E-state index in [9.17, 15) is 0 Å². The number of hydrogen-bond acceptors (Lipinski definition) is 6. The maximum atomic E-state index is 6.34. The van der Waals surface area contributed by atoms with Gasteiger partial charge >= 0.3 is 0 Å². The molecular weight excluding hydrogens is 591 g/mol. The molecule has 1 aliphatic heterocycles. The molecule has 0 saturated carbocycles. The van der Waals surface area contributed by atoms with E-state index in [0.717, 1.165) is 56.7 Å². The van der Waals surface area contributed by atoms with Crippen molar-refractivity contribution in [3.05, 3.63) is 95.9 Å². The van der Waals surface area contributed by atoms with Gasteiger partial charge in [-0.3, -0.25) is 9.88 Å². The lowest BCUT2D eigenvalue weighted by molar-refractivity contribution is 0.221. The van der Waals surface area contributed by atoms with Gasteiger partial charge in [0.15, 0.2) is 4.75 Å². The molecule has 1 atom stereocenters. The van der Waals surface area contributed by atoms with Crippen molar-refractivity contribution in [1.29, 1.82) is 0 Å². The fraction of sp³-hybridized carbons (Fsp3) is 0.351. The fourth-order valence-electron chi connectivity index (χ4n) is 6.06. The van der Waals surface area contributed by atoms with E-state index in [4.69, 9.17) is 14.2 Å². The van der Waals surface area contributed by atoms with E-state index in [1.807, 2.05) is 35.3 Å². The number of H-pyrrole nitrogens is 1. The van der Waals surface area contributed by atoms with Gasteiger partial charge in [-0.25, -0.2) is 9.67 Å². The quantitative estimate of drug-likeness (QED) is 0.166. The Bertz CT molecular complexity index is 1940. The minimum absolute atomic E-state index is 0.0414. The van der Waals surface area contributed by atoms with Crippen LogP contribution in [0.5, 0.6) is 0 Å². The number of pyridine rings is 2. The van der Waals surface area contributed by atoms with E-state index in [-0.39, 0.29) is 15.9 Å². The van der Waals surface area contributed by atoms with Crippen molar-refractivity contribution < 1.29 is 4.18 Å². The molecule has 8 nitrogen and oxygen atoms in total. The zero-order chi connectivity index (χ0) is 31.7. The van der Waals surface area contributed by atoms with Gasteiger partial charge in [0.05, 0.1) is 24.0 Å². The van der Waals surface area contributed by atoms with Crippen molar-refractivity contribution >= 4 is 33.1 Å². The second kappa shape index (κ2) is 13.0. The molecule has 1 N–H and O–H groups in total. The van der Waals surface area contributed by atoms with Crippen LogP contribution in [0.1, 0.15) is 56.9 Å². The minimum atomic E-state index is -0.253. The summed E-state index contributed by atoms with van der Waals surface area (Å²) in [5.74, 6) is 0. The molecule has 0 spiro atoms. The molecule has 9 heteroatoms. The lowest BCUT2D eigenvalue weighted by Gasteiger charge is -2.26. The molecule has 1 fully saturated rings. The fourth-order valence-corrected chi connectivity index (χ4v) is 6.70. The van der Waals surface area contributed by atoms with Gasteiger partial charge in [-0.05, 0) is 75.5 Å². The lowest BCUT2D eigenvalue weighted by Crippen LogP contribution is -2.29. The van der Waals surface area contributed by atoms with E-state index in [2.05, 4.69) is 95.8 Å². The maximum absolute atomic E-state index is 6.34. The molecule has 0 bridgehead atoms. The van der Waals surface area contributed by atoms with Gasteiger partial charge < -0.3 is 4.98 Å². The number of benzene rings is 2. The van der Waals surface area contributed by atoms with Crippen LogP contribution in [0.2, 0.25) is 0 Å². The van der Waals surface area contributed by atoms with Crippen LogP contribution in [-0.2, 0) is 35.1 Å². The molecule has 46 heavy (non-hydrogen) atoms. The normalized spacial score (nSPS) is 15.1. The Labute approximate surface area is 273 Å². The average molecular weight is 633 g/mol. The first kappa shape index (κ1) is 30.6. The smallest absolute Gasteiger partial charge is 0.152 e. The SMILES string of the molecule is C[S+](OCc1nnn(Cc2ccccc2)c1-c1cc2c(cn1)[nH]c1ncc(-c3ccc(CN4CCCCC4)cc3)cc12)C(C)(C)C. The Hall–Kier alpha value is -4.05. The van der Waals surface area contributed by atoms with Crippen molar-refractivity contribution in [3.8, 4) is 22.5 Å². The van der Waals surface area contributed by atoms with Crippen molar-refractivity contribution in [3.63, 3.8) is 0 Å². The largest absolute Gasteiger partial charge is 0.338 e. The molecule has 1 saturated heterocycles. The highest BCUT2D eigenvalue weighted by atomic mass is 32.2. The predicted molar refractivity (Wildman–Crippen MR) is 188 cm³/mol. The highest BCUT2D eigenvalue weighted by Gasteiger charge is 2.33. The van der Waals surface area contributed by atoms with Gasteiger partial charge in [0, 0.05) is 29.1 Å². The summed E-state index contributed by atoms with van der Waals surface area (Å²) >= 11 is -0.253. The number of rotatable bonds is 9. The molecule has 1 aliphatic rings. The van der Waals surface area contributed by atoms with Crippen LogP contribution in [0.3, 0.4) is 0 Å². The Morgan fingerprint density at radius 1 is 0.826 bits per heavy atom. The Morgan fingerprint density at radius 3 is 2.35 bits per heavy atom. The third-order valence-corrected chi connectivity index (χ3v) is 11.1. The number of aromatic nitrogens is 6. The summed E-state index contributed by atoms with van der Waals surface area (Å²) in [7, 11) is 0. The van der Waals surface area contributed by atoms with Gasteiger partial charge in [0.25, 0.3) is 0 Å². The van der Waals surface area contributed by atoms with E-state index in [0.29, 0.717) is 13.2 Å². The molecular formula is C37H42N7OS+. The van der Waals surface area contributed by atoms with E-state index < -0.39 is 0 Å². The molecule has 0 aliphatic carbocycles. The van der Waals surface area contributed by atoms with Crippen LogP contribution in [0.15, 0.2) is 79.1 Å². The first-order valence-corrected chi connectivity index (χ1v) is 17.7. The number of hydrogen-bond donors (Lipinski definition) is 1. The number of aromatic amines is 1. The summed E-state index contributed by atoms with van der Waals surface area (Å²) < 4.78 is 8.32. The molecule has 236 valence electrons. The minimum Gasteiger partial charge on any atom is -0.338 e. The average Bonchev–Trinajstić information content (AvgIpc) is 3.64. The Kier molecular flexibility index (Phi) is 8.64. The van der Waals surface area contributed by atoms with E-state index in [1.54, 1.807) is 0 Å². The molecule has 1 unspecified atom stereocenters. The summed E-state index contributed by atoms with van der Waals surface area (Å²) in [6.45, 7) is 11.0. The monoisotopic (exact) mass is 632 g/mol. The third-order valence-electron chi connectivity index (χ3n) is 8.93. The van der Waals surface area contributed by atoms with Crippen LogP contribution < -0.4 is 0 Å². The molecule has 7 rings (SSSR count). The summed E-state index contributed by atoms with van der Waals surface area (Å²) in [4.78, 5) is 15.8. The van der Waals surface area contributed by atoms with E-state index >= 15 is 0 Å². The zero-order valence-electron chi connectivity index (χ0n) is 27.2. The Morgan fingerprint density at radius 2 is 1.59 bits per heavy atom. The standard InChI is InChI=1S/C37H42N7OS/c1-37(2,3)46(4)45-25-34-35(44(42-41-34)24-26-11-7-5-8-12-26)32-20-30-31-19-29(21-39-36(31)40-33(30)22-38-32)28-15-13-27(14-16-28)23-43-17-9-6-10-18-43/h5,7-8,11-16,19-22H,6,9-10,17-18,23-25H2,1-4H3,(H,39,40)/q+1. The highest BCUT2D eigenvalue weighted by Crippen LogP contribution is 2.32. The number of fused-ring (bicyclic) bond motifs is 3. The molecule has 0 radical (unpaired) electrons. The zero-order valence-corrected chi connectivity index (χ0v) is 28.0. The van der Waals surface area contributed by atoms with Gasteiger partial charge in [0.2, 0.25) is 0 Å². The van der Waals surface area contributed by atoms with Crippen LogP contribution >= 0.6 is 0 Å². The Balaban J connectivity index is 1.23. The summed E-state index contributed by atoms with van der Waals surface area (Å²) in [5.41, 5.74) is 9.04. The molecule has 4 aromatic heterocycles. The third kappa shape index (κ3) is 6.58. The van der Waals surface area contributed by atoms with Crippen LogP contribution in [0.25, 0.3) is 44.5 Å². The summed E-state index contributed by atoms with van der Waals surface area (Å²) in [6.07, 6.45) is 9.96. The number of piperidine rings is 1. The first-order chi connectivity index (χ1) is 22.3. The summed E-state index contributed by atoms with van der Waals surface area (Å²) in [6, 6.07) is 23.7. The second-order valence-corrected chi connectivity index (χ2v) is 15.6. The van der Waals surface area contributed by atoms with Gasteiger partial charge in [0.1, 0.15) is 41.1 Å². The van der Waals surface area contributed by atoms with Crippen LogP contribution in [0.4, 0.5) is 0 Å². The number of nitrogens with one attached hydrogen (secondary N) is 1. The van der Waals surface area contributed by atoms with Crippen molar-refractivity contribution in [2.75, 3.05) is 19.3 Å². The van der Waals surface area contributed by atoms with E-state index in [1.165, 1.54) is 43.5 Å². The van der Waals surface area contributed by atoms with Crippen LogP contribution in [0, 0.1) is 0 Å². The molecule has 5 heterocycles. The van der Waals surface area contributed by atoms with Crippen molar-refractivity contribution in [1.82, 2.24) is 34.8 Å². The number of nitrogens with zero attached hydrogens (tertiary/aromatic N) is 6. The molecule has 2 aromatic carbocycles. The predicted octanol–water partition coefficient (Wildman–Crippen LogP) is 7.55. The lowest BCUT2D eigenvalue weighted by atomic mass is 10.0.